The lowest BCUT2D eigenvalue weighted by Crippen LogP contribution is -2.42. The predicted molar refractivity (Wildman–Crippen MR) is 136 cm³/mol. The van der Waals surface area contributed by atoms with E-state index in [9.17, 15) is 0 Å². The lowest BCUT2D eigenvalue weighted by atomic mass is 10.0. The summed E-state index contributed by atoms with van der Waals surface area (Å²) in [6, 6.07) is 26.9. The van der Waals surface area contributed by atoms with E-state index in [1.54, 1.807) is 0 Å². The summed E-state index contributed by atoms with van der Waals surface area (Å²) in [7, 11) is 0. The van der Waals surface area contributed by atoms with E-state index in [2.05, 4.69) is 67.7 Å². The van der Waals surface area contributed by atoms with Crippen LogP contribution in [0, 0.1) is 11.3 Å². The number of hydrogen-bond acceptors (Lipinski definition) is 4. The number of fused-ring (bicyclic) bond motifs is 1. The Labute approximate surface area is 198 Å². The number of azide groups is 1. The quantitative estimate of drug-likeness (QED) is 0.203. The van der Waals surface area contributed by atoms with Crippen molar-refractivity contribution in [3.05, 3.63) is 94.4 Å². The summed E-state index contributed by atoms with van der Waals surface area (Å²) in [5.41, 5.74) is 15.5. The highest BCUT2D eigenvalue weighted by Crippen LogP contribution is 2.29. The van der Waals surface area contributed by atoms with Crippen molar-refractivity contribution in [2.75, 3.05) is 18.0 Å². The molecule has 0 aliphatic carbocycles. The Morgan fingerprint density at radius 1 is 1.06 bits per heavy atom. The lowest BCUT2D eigenvalue weighted by molar-refractivity contribution is 0.414. The van der Waals surface area contributed by atoms with Crippen molar-refractivity contribution in [3.8, 4) is 17.3 Å². The second kappa shape index (κ2) is 9.72. The van der Waals surface area contributed by atoms with Crippen molar-refractivity contribution < 1.29 is 0 Å². The summed E-state index contributed by atoms with van der Waals surface area (Å²) in [5.74, 6) is 0. The minimum absolute atomic E-state index is 0.464. The highest BCUT2D eigenvalue weighted by molar-refractivity contribution is 5.87. The van der Waals surface area contributed by atoms with Crippen molar-refractivity contribution in [3.63, 3.8) is 0 Å². The largest absolute Gasteiger partial charge is 0.371 e. The first-order valence-electron chi connectivity index (χ1n) is 11.5. The van der Waals surface area contributed by atoms with Crippen LogP contribution in [0.4, 0.5) is 11.4 Å². The van der Waals surface area contributed by atoms with Crippen LogP contribution in [0.5, 0.6) is 0 Å². The molecule has 0 unspecified atom stereocenters. The molecule has 0 spiro atoms. The van der Waals surface area contributed by atoms with Crippen LogP contribution < -0.4 is 10.2 Å². The number of aromatic amines is 1. The van der Waals surface area contributed by atoms with Gasteiger partial charge in [-0.15, -0.1) is 0 Å². The molecule has 3 aromatic carbocycles. The number of anilines is 1. The zero-order valence-corrected chi connectivity index (χ0v) is 18.8. The van der Waals surface area contributed by atoms with Gasteiger partial charge in [0.15, 0.2) is 0 Å². The Morgan fingerprint density at radius 3 is 2.74 bits per heavy atom. The number of H-pyrrole nitrogens is 1. The smallest absolute Gasteiger partial charge is 0.0991 e. The van der Waals surface area contributed by atoms with Crippen molar-refractivity contribution in [2.45, 2.75) is 25.4 Å². The molecule has 1 aliphatic heterocycles. The van der Waals surface area contributed by atoms with Crippen LogP contribution in [0.2, 0.25) is 0 Å². The Hall–Kier alpha value is -4.24. The number of hydrogen-bond donors (Lipinski definition) is 2. The van der Waals surface area contributed by atoms with Gasteiger partial charge in [0, 0.05) is 58.6 Å². The monoisotopic (exact) mass is 447 g/mol. The molecule has 168 valence electrons. The maximum Gasteiger partial charge on any atom is 0.0991 e. The second-order valence-electron chi connectivity index (χ2n) is 8.65. The minimum Gasteiger partial charge on any atom is -0.371 e. The topological polar surface area (TPSA) is 104 Å². The number of nitrogens with one attached hydrogen (secondary N) is 2. The zero-order valence-electron chi connectivity index (χ0n) is 18.8. The summed E-state index contributed by atoms with van der Waals surface area (Å²) in [6.07, 6.45) is 2.15. The van der Waals surface area contributed by atoms with E-state index in [1.807, 2.05) is 36.4 Å². The first kappa shape index (κ1) is 21.6. The molecule has 34 heavy (non-hydrogen) atoms. The van der Waals surface area contributed by atoms with E-state index < -0.39 is 0 Å². The van der Waals surface area contributed by atoms with Crippen LogP contribution in [-0.4, -0.2) is 24.1 Å². The number of piperidine rings is 1. The molecule has 7 heteroatoms. The van der Waals surface area contributed by atoms with E-state index in [1.165, 1.54) is 5.69 Å². The van der Waals surface area contributed by atoms with Gasteiger partial charge in [0.2, 0.25) is 0 Å². The molecule has 1 aromatic heterocycles. The van der Waals surface area contributed by atoms with E-state index in [0.29, 0.717) is 17.3 Å². The molecule has 1 aliphatic rings. The standard InChI is InChI=1S/C27H25N7/c28-17-19-7-8-26-22(13-19)16-27(31-26)21-4-2-6-25(15-21)34-11-9-23(10-12-34)30-18-20-3-1-5-24(14-20)32-33-29/h1-8,13-16,23,30-31H,9-12,18H2. The van der Waals surface area contributed by atoms with Gasteiger partial charge in [0.25, 0.3) is 0 Å². The van der Waals surface area contributed by atoms with Crippen LogP contribution in [0.3, 0.4) is 0 Å². The fourth-order valence-electron chi connectivity index (χ4n) is 4.61. The third-order valence-corrected chi connectivity index (χ3v) is 6.43. The molecular formula is C27H25N7. The lowest BCUT2D eigenvalue weighted by Gasteiger charge is -2.34. The Balaban J connectivity index is 1.22. The average Bonchev–Trinajstić information content (AvgIpc) is 3.32. The summed E-state index contributed by atoms with van der Waals surface area (Å²) in [6.45, 7) is 2.76. The minimum atomic E-state index is 0.464. The average molecular weight is 448 g/mol. The Kier molecular flexibility index (Phi) is 6.17. The normalized spacial score (nSPS) is 14.0. The maximum atomic E-state index is 9.16. The van der Waals surface area contributed by atoms with Crippen molar-refractivity contribution >= 4 is 22.3 Å². The molecule has 2 heterocycles. The molecule has 7 nitrogen and oxygen atoms in total. The van der Waals surface area contributed by atoms with Crippen molar-refractivity contribution in [2.24, 2.45) is 5.11 Å². The third-order valence-electron chi connectivity index (χ3n) is 6.43. The highest BCUT2D eigenvalue weighted by Gasteiger charge is 2.19. The van der Waals surface area contributed by atoms with Crippen molar-refractivity contribution in [1.82, 2.24) is 10.3 Å². The van der Waals surface area contributed by atoms with Gasteiger partial charge < -0.3 is 15.2 Å². The summed E-state index contributed by atoms with van der Waals surface area (Å²) >= 11 is 0. The summed E-state index contributed by atoms with van der Waals surface area (Å²) < 4.78 is 0. The first-order chi connectivity index (χ1) is 16.7. The van der Waals surface area contributed by atoms with Gasteiger partial charge in [-0.25, -0.2) is 0 Å². The van der Waals surface area contributed by atoms with Crippen LogP contribution in [0.15, 0.2) is 77.9 Å². The molecule has 4 aromatic rings. The van der Waals surface area contributed by atoms with E-state index in [-0.39, 0.29) is 0 Å². The molecule has 0 radical (unpaired) electrons. The van der Waals surface area contributed by atoms with E-state index in [0.717, 1.165) is 60.2 Å². The van der Waals surface area contributed by atoms with Gasteiger partial charge in [-0.1, -0.05) is 35.4 Å². The first-order valence-corrected chi connectivity index (χ1v) is 11.5. The van der Waals surface area contributed by atoms with Gasteiger partial charge in [0.1, 0.15) is 0 Å². The van der Waals surface area contributed by atoms with Gasteiger partial charge >= 0.3 is 0 Å². The highest BCUT2D eigenvalue weighted by atomic mass is 15.1. The van der Waals surface area contributed by atoms with Gasteiger partial charge in [-0.05, 0) is 72.0 Å². The van der Waals surface area contributed by atoms with Gasteiger partial charge in [-0.3, -0.25) is 0 Å². The molecule has 1 saturated heterocycles. The van der Waals surface area contributed by atoms with E-state index >= 15 is 0 Å². The zero-order chi connectivity index (χ0) is 23.3. The SMILES string of the molecule is N#Cc1ccc2[nH]c(-c3cccc(N4CCC(NCc5cccc(N=[N+]=[N-])c5)CC4)c3)cc2c1. The number of benzene rings is 3. The van der Waals surface area contributed by atoms with Gasteiger partial charge in [-0.2, -0.15) is 5.26 Å². The molecule has 0 atom stereocenters. The summed E-state index contributed by atoms with van der Waals surface area (Å²) in [5, 5.41) is 17.5. The van der Waals surface area contributed by atoms with Gasteiger partial charge in [0.05, 0.1) is 11.6 Å². The number of nitrogens with zero attached hydrogens (tertiary/aromatic N) is 5. The Bertz CT molecular complexity index is 1400. The molecule has 0 saturated carbocycles. The summed E-state index contributed by atoms with van der Waals surface area (Å²) in [4.78, 5) is 8.79. The van der Waals surface area contributed by atoms with Crippen LogP contribution in [0.1, 0.15) is 24.0 Å². The number of aromatic nitrogens is 1. The van der Waals surface area contributed by atoms with Crippen molar-refractivity contribution in [1.29, 1.82) is 5.26 Å². The molecule has 2 N–H and O–H groups in total. The van der Waals surface area contributed by atoms with Crippen LogP contribution in [0.25, 0.3) is 32.6 Å². The Morgan fingerprint density at radius 2 is 1.91 bits per heavy atom. The molecule has 5 rings (SSSR count). The molecule has 0 bridgehead atoms. The predicted octanol–water partition coefficient (Wildman–Crippen LogP) is 6.41. The second-order valence-corrected chi connectivity index (χ2v) is 8.65. The number of rotatable bonds is 6. The fraction of sp³-hybridized carbons (Fsp3) is 0.222. The third kappa shape index (κ3) is 4.74. The maximum absolute atomic E-state index is 9.16. The number of nitriles is 1. The molecular weight excluding hydrogens is 422 g/mol. The molecule has 1 fully saturated rings. The van der Waals surface area contributed by atoms with Crippen LogP contribution >= 0.6 is 0 Å². The van der Waals surface area contributed by atoms with E-state index in [4.69, 9.17) is 10.8 Å². The molecule has 0 amide bonds. The fourth-order valence-corrected chi connectivity index (χ4v) is 4.61. The van der Waals surface area contributed by atoms with Crippen LogP contribution in [-0.2, 0) is 6.54 Å².